The third-order valence-electron chi connectivity index (χ3n) is 3.24. The molecule has 19 heavy (non-hydrogen) atoms. The number of hydrogen-bond acceptors (Lipinski definition) is 6. The molecule has 1 aliphatic rings. The van der Waals surface area contributed by atoms with E-state index in [0.29, 0.717) is 6.61 Å². The molecular weight excluding hydrogens is 262 g/mol. The Morgan fingerprint density at radius 3 is 3.05 bits per heavy atom. The van der Waals surface area contributed by atoms with E-state index in [1.54, 1.807) is 0 Å². The summed E-state index contributed by atoms with van der Waals surface area (Å²) in [5, 5.41) is 0.958. The molecule has 2 aromatic rings. The van der Waals surface area contributed by atoms with Crippen LogP contribution in [0, 0.1) is 6.92 Å². The number of anilines is 1. The van der Waals surface area contributed by atoms with Gasteiger partial charge in [0.05, 0.1) is 13.2 Å². The zero-order chi connectivity index (χ0) is 13.2. The number of morpholine rings is 1. The van der Waals surface area contributed by atoms with Crippen LogP contribution < -0.4 is 4.90 Å². The van der Waals surface area contributed by atoms with Crippen molar-refractivity contribution in [1.82, 2.24) is 9.36 Å². The van der Waals surface area contributed by atoms with Crippen LogP contribution in [0.25, 0.3) is 0 Å². The van der Waals surface area contributed by atoms with Crippen molar-refractivity contribution >= 4 is 16.7 Å². The van der Waals surface area contributed by atoms with Gasteiger partial charge >= 0.3 is 0 Å². The highest BCUT2D eigenvalue weighted by molar-refractivity contribution is 7.09. The Kier molecular flexibility index (Phi) is 3.52. The first-order valence-electron chi connectivity index (χ1n) is 6.51. The van der Waals surface area contributed by atoms with E-state index in [0.717, 1.165) is 42.0 Å². The standard InChI is InChI=1S/C13H17N3O2S/c1-3-12-14-13(19-15-12)16-6-7-17-8-10(16)11-5-4-9(2)18-11/h4-5,10H,3,6-8H2,1-2H3. The molecule has 3 heterocycles. The fourth-order valence-corrected chi connectivity index (χ4v) is 3.03. The molecule has 5 nitrogen and oxygen atoms in total. The summed E-state index contributed by atoms with van der Waals surface area (Å²) in [4.78, 5) is 6.81. The van der Waals surface area contributed by atoms with Crippen LogP contribution in [0.3, 0.4) is 0 Å². The molecule has 1 saturated heterocycles. The summed E-state index contributed by atoms with van der Waals surface area (Å²) in [6.45, 7) is 6.20. The average Bonchev–Trinajstić information content (AvgIpc) is 3.07. The molecule has 0 radical (unpaired) electrons. The van der Waals surface area contributed by atoms with Gasteiger partial charge in [-0.1, -0.05) is 6.92 Å². The van der Waals surface area contributed by atoms with Gasteiger partial charge in [0.1, 0.15) is 23.4 Å². The molecule has 1 atom stereocenters. The van der Waals surface area contributed by atoms with E-state index < -0.39 is 0 Å². The number of ether oxygens (including phenoxy) is 1. The average molecular weight is 279 g/mol. The molecule has 0 bridgehead atoms. The van der Waals surface area contributed by atoms with Crippen LogP contribution in [0.5, 0.6) is 0 Å². The minimum absolute atomic E-state index is 0.0973. The van der Waals surface area contributed by atoms with E-state index in [1.165, 1.54) is 11.5 Å². The molecule has 0 amide bonds. The first-order chi connectivity index (χ1) is 9.28. The quantitative estimate of drug-likeness (QED) is 0.864. The molecule has 102 valence electrons. The number of aromatic nitrogens is 2. The lowest BCUT2D eigenvalue weighted by Crippen LogP contribution is -2.39. The Bertz CT molecular complexity index is 552. The second-order valence-electron chi connectivity index (χ2n) is 4.58. The van der Waals surface area contributed by atoms with Crippen molar-refractivity contribution < 1.29 is 9.15 Å². The van der Waals surface area contributed by atoms with Gasteiger partial charge in [-0.3, -0.25) is 0 Å². The number of hydrogen-bond donors (Lipinski definition) is 0. The molecule has 0 N–H and O–H groups in total. The zero-order valence-electron chi connectivity index (χ0n) is 11.1. The number of aryl methyl sites for hydroxylation is 2. The molecule has 1 aliphatic heterocycles. The van der Waals surface area contributed by atoms with Crippen molar-refractivity contribution in [2.75, 3.05) is 24.7 Å². The van der Waals surface area contributed by atoms with Crippen molar-refractivity contribution in [3.8, 4) is 0 Å². The summed E-state index contributed by atoms with van der Waals surface area (Å²) >= 11 is 1.45. The molecule has 1 fully saturated rings. The SMILES string of the molecule is CCc1nsc(N2CCOCC2c2ccc(C)o2)n1. The smallest absolute Gasteiger partial charge is 0.205 e. The summed E-state index contributed by atoms with van der Waals surface area (Å²) in [6.07, 6.45) is 0.866. The first-order valence-corrected chi connectivity index (χ1v) is 7.28. The van der Waals surface area contributed by atoms with Crippen molar-refractivity contribution in [1.29, 1.82) is 0 Å². The molecule has 0 saturated carbocycles. The number of nitrogens with zero attached hydrogens (tertiary/aromatic N) is 3. The van der Waals surface area contributed by atoms with Crippen LogP contribution in [-0.2, 0) is 11.2 Å². The van der Waals surface area contributed by atoms with Gasteiger partial charge in [-0.25, -0.2) is 4.98 Å². The Morgan fingerprint density at radius 1 is 1.47 bits per heavy atom. The highest BCUT2D eigenvalue weighted by atomic mass is 32.1. The Hall–Kier alpha value is -1.40. The maximum absolute atomic E-state index is 5.74. The van der Waals surface area contributed by atoms with Crippen LogP contribution in [0.1, 0.15) is 30.3 Å². The third kappa shape index (κ3) is 2.50. The lowest BCUT2D eigenvalue weighted by Gasteiger charge is -2.33. The summed E-state index contributed by atoms with van der Waals surface area (Å²) < 4.78 is 15.7. The second-order valence-corrected chi connectivity index (χ2v) is 5.31. The van der Waals surface area contributed by atoms with Crippen LogP contribution in [0.15, 0.2) is 16.5 Å². The van der Waals surface area contributed by atoms with Gasteiger partial charge < -0.3 is 14.1 Å². The third-order valence-corrected chi connectivity index (χ3v) is 4.03. The Labute approximate surface area is 116 Å². The lowest BCUT2D eigenvalue weighted by atomic mass is 10.2. The van der Waals surface area contributed by atoms with Crippen molar-refractivity contribution in [2.24, 2.45) is 0 Å². The number of rotatable bonds is 3. The molecule has 2 aromatic heterocycles. The van der Waals surface area contributed by atoms with Crippen molar-refractivity contribution in [2.45, 2.75) is 26.3 Å². The monoisotopic (exact) mass is 279 g/mol. The molecule has 0 spiro atoms. The predicted octanol–water partition coefficient (Wildman–Crippen LogP) is 2.58. The van der Waals surface area contributed by atoms with Gasteiger partial charge in [-0.15, -0.1) is 0 Å². The second kappa shape index (κ2) is 5.30. The molecule has 0 aliphatic carbocycles. The van der Waals surface area contributed by atoms with Gasteiger partial charge in [0, 0.05) is 24.5 Å². The van der Waals surface area contributed by atoms with E-state index >= 15 is 0 Å². The maximum atomic E-state index is 5.74. The van der Waals surface area contributed by atoms with Crippen LogP contribution in [-0.4, -0.2) is 29.1 Å². The van der Waals surface area contributed by atoms with Gasteiger partial charge in [0.2, 0.25) is 5.13 Å². The van der Waals surface area contributed by atoms with Gasteiger partial charge in [0.15, 0.2) is 0 Å². The topological polar surface area (TPSA) is 51.4 Å². The minimum atomic E-state index is 0.0973. The minimum Gasteiger partial charge on any atom is -0.464 e. The lowest BCUT2D eigenvalue weighted by molar-refractivity contribution is 0.0874. The summed E-state index contributed by atoms with van der Waals surface area (Å²) in [5.74, 6) is 2.76. The summed E-state index contributed by atoms with van der Waals surface area (Å²) in [7, 11) is 0. The van der Waals surface area contributed by atoms with E-state index in [2.05, 4.69) is 21.2 Å². The fourth-order valence-electron chi connectivity index (χ4n) is 2.21. The summed E-state index contributed by atoms with van der Waals surface area (Å²) in [5.41, 5.74) is 0. The predicted molar refractivity (Wildman–Crippen MR) is 73.6 cm³/mol. The van der Waals surface area contributed by atoms with E-state index in [9.17, 15) is 0 Å². The van der Waals surface area contributed by atoms with Gasteiger partial charge in [-0.05, 0) is 19.1 Å². The molecule has 6 heteroatoms. The van der Waals surface area contributed by atoms with E-state index in [1.807, 2.05) is 19.1 Å². The van der Waals surface area contributed by atoms with Crippen molar-refractivity contribution in [3.63, 3.8) is 0 Å². The number of furan rings is 1. The molecule has 3 rings (SSSR count). The largest absolute Gasteiger partial charge is 0.464 e. The van der Waals surface area contributed by atoms with Gasteiger partial charge in [-0.2, -0.15) is 4.37 Å². The first kappa shape index (κ1) is 12.6. The Morgan fingerprint density at radius 2 is 2.37 bits per heavy atom. The zero-order valence-corrected chi connectivity index (χ0v) is 11.9. The van der Waals surface area contributed by atoms with Crippen LogP contribution >= 0.6 is 11.5 Å². The normalized spacial score (nSPS) is 19.9. The fraction of sp³-hybridized carbons (Fsp3) is 0.538. The van der Waals surface area contributed by atoms with E-state index in [-0.39, 0.29) is 6.04 Å². The molecular formula is C13H17N3O2S. The highest BCUT2D eigenvalue weighted by Crippen LogP contribution is 2.31. The van der Waals surface area contributed by atoms with Gasteiger partial charge in [0.25, 0.3) is 0 Å². The molecule has 0 aromatic carbocycles. The Balaban J connectivity index is 1.88. The maximum Gasteiger partial charge on any atom is 0.205 e. The van der Waals surface area contributed by atoms with Crippen LogP contribution in [0.2, 0.25) is 0 Å². The molecule has 1 unspecified atom stereocenters. The summed E-state index contributed by atoms with van der Waals surface area (Å²) in [6, 6.07) is 4.10. The van der Waals surface area contributed by atoms with Crippen LogP contribution in [0.4, 0.5) is 5.13 Å². The van der Waals surface area contributed by atoms with Crippen molar-refractivity contribution in [3.05, 3.63) is 29.5 Å². The highest BCUT2D eigenvalue weighted by Gasteiger charge is 2.29. The van der Waals surface area contributed by atoms with E-state index in [4.69, 9.17) is 9.15 Å².